The molecule has 2 rings (SSSR count). The molecule has 0 bridgehead atoms. The normalized spacial score (nSPS) is 9.56. The summed E-state index contributed by atoms with van der Waals surface area (Å²) in [7, 11) is 1.71. The molecule has 0 unspecified atom stereocenters. The number of aromatic nitrogens is 1. The Labute approximate surface area is 107 Å². The number of hydrogen-bond acceptors (Lipinski definition) is 2. The Morgan fingerprint density at radius 3 is 2.50 bits per heavy atom. The predicted molar refractivity (Wildman–Crippen MR) is 55.6 cm³/mol. The average Bonchev–Trinajstić information content (AvgIpc) is 2.57. The first-order chi connectivity index (χ1) is 7.25. The van der Waals surface area contributed by atoms with Crippen LogP contribution in [0.2, 0.25) is 0 Å². The summed E-state index contributed by atoms with van der Waals surface area (Å²) >= 11 is 0. The van der Waals surface area contributed by atoms with E-state index in [1.54, 1.807) is 13.2 Å². The molecule has 78 valence electrons. The Bertz CT molecular complexity index is 420. The molecule has 0 N–H and O–H groups in total. The molecule has 16 heavy (non-hydrogen) atoms. The van der Waals surface area contributed by atoms with Crippen LogP contribution in [0.3, 0.4) is 0 Å². The second-order valence-corrected chi connectivity index (χ2v) is 3.40. The van der Waals surface area contributed by atoms with Crippen molar-refractivity contribution < 1.29 is 28.7 Å². The minimum absolute atomic E-state index is 0. The molecule has 0 aliphatic rings. The van der Waals surface area contributed by atoms with E-state index >= 15 is 0 Å². The smallest absolute Gasteiger partial charge is 0.860 e. The number of ether oxygens (including phenoxy) is 1. The first-order valence-corrected chi connectivity index (χ1v) is 4.76. The molecule has 0 radical (unpaired) electrons. The summed E-state index contributed by atoms with van der Waals surface area (Å²) in [6, 6.07) is 11.3. The van der Waals surface area contributed by atoms with Gasteiger partial charge in [0, 0.05) is 13.2 Å². The largest absolute Gasteiger partial charge is 1.00 e. The van der Waals surface area contributed by atoms with E-state index in [-0.39, 0.29) is 24.7 Å². The summed E-state index contributed by atoms with van der Waals surface area (Å²) in [5.74, 6) is 0.574. The molecule has 0 atom stereocenters. The molecule has 0 spiro atoms. The fourth-order valence-corrected chi connectivity index (χ4v) is 1.34. The van der Waals surface area contributed by atoms with Crippen molar-refractivity contribution in [2.45, 2.75) is 6.61 Å². The van der Waals surface area contributed by atoms with Gasteiger partial charge in [-0.1, -0.05) is 30.3 Å². The van der Waals surface area contributed by atoms with Gasteiger partial charge in [-0.2, -0.15) is 0 Å². The van der Waals surface area contributed by atoms with Crippen molar-refractivity contribution in [2.24, 2.45) is 7.05 Å². The van der Waals surface area contributed by atoms with Gasteiger partial charge in [-0.05, 0) is 17.5 Å². The summed E-state index contributed by atoms with van der Waals surface area (Å²) in [5, 5.41) is 11.1. The molecule has 0 saturated carbocycles. The standard InChI is InChI=1S/C12H13NO2.Li/c1-13-8-11(7-12(13)14)15-9-10-5-3-2-4-6-10;/h2-8,14H,9H2,1H3;/q;+1/p-1. The van der Waals surface area contributed by atoms with E-state index in [0.717, 1.165) is 5.56 Å². The Balaban J connectivity index is 0.00000128. The van der Waals surface area contributed by atoms with Crippen LogP contribution in [0.4, 0.5) is 0 Å². The maximum atomic E-state index is 11.1. The van der Waals surface area contributed by atoms with Gasteiger partial charge in [-0.15, -0.1) is 0 Å². The van der Waals surface area contributed by atoms with E-state index in [4.69, 9.17) is 4.74 Å². The zero-order chi connectivity index (χ0) is 10.7. The van der Waals surface area contributed by atoms with Crippen LogP contribution in [0, 0.1) is 0 Å². The third kappa shape index (κ3) is 3.09. The average molecular weight is 209 g/mol. The monoisotopic (exact) mass is 209 g/mol. The summed E-state index contributed by atoms with van der Waals surface area (Å²) < 4.78 is 6.97. The first-order valence-electron chi connectivity index (χ1n) is 4.76. The van der Waals surface area contributed by atoms with E-state index in [0.29, 0.717) is 12.4 Å². The molecule has 1 aromatic carbocycles. The van der Waals surface area contributed by atoms with Crippen molar-refractivity contribution in [3.63, 3.8) is 0 Å². The van der Waals surface area contributed by atoms with E-state index < -0.39 is 0 Å². The van der Waals surface area contributed by atoms with Gasteiger partial charge in [0.1, 0.15) is 12.4 Å². The van der Waals surface area contributed by atoms with Crippen molar-refractivity contribution >= 4 is 0 Å². The molecule has 0 saturated heterocycles. The molecule has 2 aromatic rings. The van der Waals surface area contributed by atoms with Gasteiger partial charge in [0.2, 0.25) is 0 Å². The molecule has 0 fully saturated rings. The first kappa shape index (κ1) is 12.8. The zero-order valence-corrected chi connectivity index (χ0v) is 9.51. The van der Waals surface area contributed by atoms with Gasteiger partial charge in [0.15, 0.2) is 0 Å². The van der Waals surface area contributed by atoms with E-state index in [1.165, 1.54) is 10.6 Å². The van der Waals surface area contributed by atoms with Crippen LogP contribution in [0.15, 0.2) is 42.6 Å². The fraction of sp³-hybridized carbons (Fsp3) is 0.167. The third-order valence-corrected chi connectivity index (χ3v) is 2.18. The van der Waals surface area contributed by atoms with Crippen molar-refractivity contribution in [3.8, 4) is 11.6 Å². The number of aryl methyl sites for hydroxylation is 1. The Hall–Kier alpha value is -1.30. The number of benzene rings is 1. The minimum Gasteiger partial charge on any atom is -0.860 e. The van der Waals surface area contributed by atoms with Crippen molar-refractivity contribution in [2.75, 3.05) is 0 Å². The van der Waals surface area contributed by atoms with Crippen LogP contribution in [-0.2, 0) is 13.7 Å². The molecule has 0 amide bonds. The molecule has 4 heteroatoms. The van der Waals surface area contributed by atoms with Crippen LogP contribution in [-0.4, -0.2) is 4.57 Å². The van der Waals surface area contributed by atoms with Crippen molar-refractivity contribution in [1.29, 1.82) is 0 Å². The zero-order valence-electron chi connectivity index (χ0n) is 9.51. The Morgan fingerprint density at radius 1 is 1.25 bits per heavy atom. The Morgan fingerprint density at radius 2 is 1.94 bits per heavy atom. The molecular formula is C12H12LiNO2. The van der Waals surface area contributed by atoms with Crippen molar-refractivity contribution in [1.82, 2.24) is 4.57 Å². The second kappa shape index (κ2) is 5.69. The van der Waals surface area contributed by atoms with Gasteiger partial charge in [0.05, 0.1) is 0 Å². The molecule has 3 nitrogen and oxygen atoms in total. The van der Waals surface area contributed by atoms with Crippen LogP contribution in [0.25, 0.3) is 0 Å². The van der Waals surface area contributed by atoms with E-state index in [9.17, 15) is 5.11 Å². The SMILES string of the molecule is Cn1cc(OCc2ccccc2)cc1[O-].[Li+]. The summed E-state index contributed by atoms with van der Waals surface area (Å²) in [4.78, 5) is 0. The second-order valence-electron chi connectivity index (χ2n) is 3.40. The molecule has 0 aliphatic heterocycles. The molecule has 1 heterocycles. The van der Waals surface area contributed by atoms with Gasteiger partial charge in [-0.25, -0.2) is 0 Å². The maximum absolute atomic E-state index is 11.1. The molecule has 0 aliphatic carbocycles. The van der Waals surface area contributed by atoms with Gasteiger partial charge in [-0.3, -0.25) is 0 Å². The number of rotatable bonds is 3. The summed E-state index contributed by atoms with van der Waals surface area (Å²) in [6.45, 7) is 0.490. The number of hydrogen-bond donors (Lipinski definition) is 0. The van der Waals surface area contributed by atoms with Crippen molar-refractivity contribution in [3.05, 3.63) is 48.2 Å². The minimum atomic E-state index is -0.0435. The number of nitrogens with zero attached hydrogens (tertiary/aromatic N) is 1. The van der Waals surface area contributed by atoms with Crippen LogP contribution in [0.5, 0.6) is 11.6 Å². The van der Waals surface area contributed by atoms with Crippen LogP contribution < -0.4 is 28.7 Å². The van der Waals surface area contributed by atoms with E-state index in [2.05, 4.69) is 0 Å². The summed E-state index contributed by atoms with van der Waals surface area (Å²) in [6.07, 6.45) is 1.69. The molecule has 1 aromatic heterocycles. The fourth-order valence-electron chi connectivity index (χ4n) is 1.34. The quantitative estimate of drug-likeness (QED) is 0.588. The Kier molecular flexibility index (Phi) is 4.54. The van der Waals surface area contributed by atoms with Gasteiger partial charge in [0.25, 0.3) is 0 Å². The van der Waals surface area contributed by atoms with E-state index in [1.807, 2.05) is 30.3 Å². The summed E-state index contributed by atoms with van der Waals surface area (Å²) in [5.41, 5.74) is 1.09. The third-order valence-electron chi connectivity index (χ3n) is 2.18. The van der Waals surface area contributed by atoms with Gasteiger partial charge < -0.3 is 14.4 Å². The topological polar surface area (TPSA) is 37.2 Å². The molecular weight excluding hydrogens is 197 g/mol. The maximum Gasteiger partial charge on any atom is 1.00 e. The van der Waals surface area contributed by atoms with Crippen LogP contribution >= 0.6 is 0 Å². The predicted octanol–water partition coefficient (Wildman–Crippen LogP) is -1.32. The van der Waals surface area contributed by atoms with Crippen LogP contribution in [0.1, 0.15) is 5.56 Å². The van der Waals surface area contributed by atoms with Gasteiger partial charge >= 0.3 is 18.9 Å².